The van der Waals surface area contributed by atoms with Crippen molar-refractivity contribution in [2.75, 3.05) is 16.3 Å². The zero-order chi connectivity index (χ0) is 20.8. The SMILES string of the molecule is Cc1ccc(N=C2NN=C(c3ccc4c(c3)CC(C)N4S(C)(=O)=O)CS2)cc1C. The number of benzene rings is 2. The molecule has 1 atom stereocenters. The monoisotopic (exact) mass is 428 g/mol. The number of sulfonamides is 1. The van der Waals surface area contributed by atoms with Crippen molar-refractivity contribution < 1.29 is 8.42 Å². The van der Waals surface area contributed by atoms with Crippen molar-refractivity contribution in [2.24, 2.45) is 10.1 Å². The molecule has 2 aromatic carbocycles. The van der Waals surface area contributed by atoms with Gasteiger partial charge in [-0.3, -0.25) is 9.73 Å². The van der Waals surface area contributed by atoms with E-state index in [9.17, 15) is 8.42 Å². The second-order valence-corrected chi connectivity index (χ2v) is 10.4. The first-order valence-corrected chi connectivity index (χ1v) is 12.3. The molecule has 1 N–H and O–H groups in total. The molecule has 2 aliphatic rings. The Morgan fingerprint density at radius 1 is 1.17 bits per heavy atom. The average Bonchev–Trinajstić information content (AvgIpc) is 3.00. The first-order valence-electron chi connectivity index (χ1n) is 9.46. The molecule has 0 aliphatic carbocycles. The highest BCUT2D eigenvalue weighted by Crippen LogP contribution is 2.35. The summed E-state index contributed by atoms with van der Waals surface area (Å²) in [7, 11) is -3.27. The highest BCUT2D eigenvalue weighted by atomic mass is 32.2. The van der Waals surface area contributed by atoms with Crippen LogP contribution in [0.25, 0.3) is 0 Å². The maximum atomic E-state index is 12.1. The summed E-state index contributed by atoms with van der Waals surface area (Å²) in [6.07, 6.45) is 1.97. The Hall–Kier alpha value is -2.32. The van der Waals surface area contributed by atoms with Gasteiger partial charge in [-0.25, -0.2) is 13.4 Å². The molecule has 0 fully saturated rings. The van der Waals surface area contributed by atoms with Gasteiger partial charge in [-0.05, 0) is 73.7 Å². The Labute approximate surface area is 176 Å². The average molecular weight is 429 g/mol. The molecule has 2 aromatic rings. The molecule has 0 aromatic heterocycles. The third-order valence-electron chi connectivity index (χ3n) is 5.28. The number of hydrogen-bond donors (Lipinski definition) is 1. The van der Waals surface area contributed by atoms with Gasteiger partial charge in [0, 0.05) is 11.8 Å². The number of thioether (sulfide) groups is 1. The van der Waals surface area contributed by atoms with E-state index in [0.717, 1.165) is 33.4 Å². The van der Waals surface area contributed by atoms with Crippen molar-refractivity contribution >= 4 is 44.0 Å². The fourth-order valence-electron chi connectivity index (χ4n) is 3.72. The van der Waals surface area contributed by atoms with Crippen LogP contribution in [0.15, 0.2) is 46.5 Å². The lowest BCUT2D eigenvalue weighted by Gasteiger charge is -2.22. The number of anilines is 1. The quantitative estimate of drug-likeness (QED) is 0.808. The third kappa shape index (κ3) is 4.04. The fourth-order valence-corrected chi connectivity index (χ4v) is 5.77. The van der Waals surface area contributed by atoms with Gasteiger partial charge in [0.05, 0.1) is 23.3 Å². The molecule has 0 saturated heterocycles. The Balaban J connectivity index is 1.55. The standard InChI is InChI=1S/C21H24N4O2S2/c1-13-5-7-18(9-14(13)2)22-21-24-23-19(12-28-21)16-6-8-20-17(11-16)10-15(3)25(20)29(4,26)27/h5-9,11,15H,10,12H2,1-4H3,(H,22,24). The van der Waals surface area contributed by atoms with Crippen LogP contribution < -0.4 is 9.73 Å². The molecule has 2 aliphatic heterocycles. The number of amidine groups is 1. The highest BCUT2D eigenvalue weighted by molar-refractivity contribution is 8.14. The second kappa shape index (κ2) is 7.50. The molecule has 29 heavy (non-hydrogen) atoms. The van der Waals surface area contributed by atoms with Crippen molar-refractivity contribution in [1.29, 1.82) is 0 Å². The van der Waals surface area contributed by atoms with Gasteiger partial charge >= 0.3 is 0 Å². The summed E-state index contributed by atoms with van der Waals surface area (Å²) < 4.78 is 25.7. The molecule has 0 bridgehead atoms. The number of nitrogens with zero attached hydrogens (tertiary/aromatic N) is 3. The largest absolute Gasteiger partial charge is 0.267 e. The van der Waals surface area contributed by atoms with Crippen molar-refractivity contribution in [2.45, 2.75) is 33.2 Å². The topological polar surface area (TPSA) is 74.1 Å². The van der Waals surface area contributed by atoms with E-state index in [-0.39, 0.29) is 6.04 Å². The summed E-state index contributed by atoms with van der Waals surface area (Å²) in [6.45, 7) is 6.10. The molecule has 2 heterocycles. The first-order chi connectivity index (χ1) is 13.7. The van der Waals surface area contributed by atoms with E-state index < -0.39 is 10.0 Å². The minimum Gasteiger partial charge on any atom is -0.267 e. The first kappa shape index (κ1) is 20.0. The van der Waals surface area contributed by atoms with Crippen LogP contribution in [0.3, 0.4) is 0 Å². The molecule has 8 heteroatoms. The minimum absolute atomic E-state index is 0.0623. The van der Waals surface area contributed by atoms with Crippen LogP contribution in [0.2, 0.25) is 0 Å². The summed E-state index contributed by atoms with van der Waals surface area (Å²) in [6, 6.07) is 12.0. The van der Waals surface area contributed by atoms with Crippen LogP contribution in [0.5, 0.6) is 0 Å². The van der Waals surface area contributed by atoms with Gasteiger partial charge in [-0.1, -0.05) is 23.9 Å². The van der Waals surface area contributed by atoms with Crippen LogP contribution in [-0.4, -0.2) is 37.3 Å². The van der Waals surface area contributed by atoms with Crippen molar-refractivity contribution in [3.05, 3.63) is 58.7 Å². The Morgan fingerprint density at radius 2 is 1.97 bits per heavy atom. The Morgan fingerprint density at radius 3 is 2.62 bits per heavy atom. The van der Waals surface area contributed by atoms with Gasteiger partial charge < -0.3 is 0 Å². The Kier molecular flexibility index (Phi) is 5.16. The zero-order valence-electron chi connectivity index (χ0n) is 16.9. The van der Waals surface area contributed by atoms with E-state index in [1.165, 1.54) is 21.7 Å². The van der Waals surface area contributed by atoms with E-state index >= 15 is 0 Å². The van der Waals surface area contributed by atoms with Gasteiger partial charge in [0.1, 0.15) is 0 Å². The fraction of sp³-hybridized carbons (Fsp3) is 0.333. The lowest BCUT2D eigenvalue weighted by Crippen LogP contribution is -2.34. The summed E-state index contributed by atoms with van der Waals surface area (Å²) in [5.74, 6) is 0.709. The molecule has 6 nitrogen and oxygen atoms in total. The van der Waals surface area contributed by atoms with Crippen molar-refractivity contribution in [3.8, 4) is 0 Å². The Bertz CT molecular complexity index is 1140. The number of aryl methyl sites for hydroxylation is 2. The molecule has 152 valence electrons. The zero-order valence-corrected chi connectivity index (χ0v) is 18.6. The molecule has 1 unspecified atom stereocenters. The summed E-state index contributed by atoms with van der Waals surface area (Å²) >= 11 is 1.61. The number of aliphatic imine (C=N–C) groups is 1. The van der Waals surface area contributed by atoms with Gasteiger partial charge in [0.15, 0.2) is 5.17 Å². The van der Waals surface area contributed by atoms with E-state index in [4.69, 9.17) is 0 Å². The normalized spacial score (nSPS) is 20.4. The molecule has 0 amide bonds. The number of fused-ring (bicyclic) bond motifs is 1. The maximum Gasteiger partial charge on any atom is 0.232 e. The van der Waals surface area contributed by atoms with Gasteiger partial charge in [0.25, 0.3) is 0 Å². The second-order valence-electron chi connectivity index (χ2n) is 7.60. The molecular weight excluding hydrogens is 404 g/mol. The summed E-state index contributed by atoms with van der Waals surface area (Å²) in [5.41, 5.74) is 10.2. The van der Waals surface area contributed by atoms with Gasteiger partial charge in [0.2, 0.25) is 10.0 Å². The predicted molar refractivity (Wildman–Crippen MR) is 122 cm³/mol. The highest BCUT2D eigenvalue weighted by Gasteiger charge is 2.32. The van der Waals surface area contributed by atoms with Crippen molar-refractivity contribution in [1.82, 2.24) is 5.43 Å². The number of hydrogen-bond acceptors (Lipinski definition) is 5. The molecule has 0 radical (unpaired) electrons. The van der Waals surface area contributed by atoms with Crippen molar-refractivity contribution in [3.63, 3.8) is 0 Å². The third-order valence-corrected chi connectivity index (χ3v) is 7.42. The number of rotatable bonds is 3. The van der Waals surface area contributed by atoms with E-state index in [0.29, 0.717) is 12.2 Å². The van der Waals surface area contributed by atoms with Gasteiger partial charge in [-0.2, -0.15) is 5.10 Å². The molecule has 0 spiro atoms. The summed E-state index contributed by atoms with van der Waals surface area (Å²) in [5, 5.41) is 5.29. The predicted octanol–water partition coefficient (Wildman–Crippen LogP) is 3.74. The lowest BCUT2D eigenvalue weighted by atomic mass is 10.0. The number of nitrogens with one attached hydrogen (secondary N) is 1. The molecule has 0 saturated carbocycles. The van der Waals surface area contributed by atoms with E-state index in [1.807, 2.05) is 25.1 Å². The molecular formula is C21H24N4O2S2. The van der Waals surface area contributed by atoms with Crippen LogP contribution in [0, 0.1) is 13.8 Å². The van der Waals surface area contributed by atoms with Crippen LogP contribution in [0.4, 0.5) is 11.4 Å². The van der Waals surface area contributed by atoms with Crippen LogP contribution in [-0.2, 0) is 16.4 Å². The van der Waals surface area contributed by atoms with E-state index in [2.05, 4.69) is 47.6 Å². The number of hydrazone groups is 1. The van der Waals surface area contributed by atoms with Crippen LogP contribution >= 0.6 is 11.8 Å². The minimum atomic E-state index is -3.27. The maximum absolute atomic E-state index is 12.1. The summed E-state index contributed by atoms with van der Waals surface area (Å²) in [4.78, 5) is 4.64. The lowest BCUT2D eigenvalue weighted by molar-refractivity contribution is 0.590. The molecule has 4 rings (SSSR count). The van der Waals surface area contributed by atoms with Crippen LogP contribution in [0.1, 0.15) is 29.2 Å². The van der Waals surface area contributed by atoms with E-state index in [1.54, 1.807) is 11.8 Å². The smallest absolute Gasteiger partial charge is 0.232 e. The van der Waals surface area contributed by atoms with Gasteiger partial charge in [-0.15, -0.1) is 0 Å².